The second-order valence-corrected chi connectivity index (χ2v) is 14.3. The van der Waals surface area contributed by atoms with Gasteiger partial charge in [-0.25, -0.2) is 4.39 Å². The lowest BCUT2D eigenvalue weighted by Crippen LogP contribution is -2.57. The van der Waals surface area contributed by atoms with Crippen LogP contribution in [0.3, 0.4) is 0 Å². The number of amides is 1. The SMILES string of the molecule is CCc1cc(C(=O)N2CCOC3(CCN(Cc4cc(F)cc(CCCC[C@H](O)c5ccc(O)c6[nH]c(=O)sc56)c4)CC3)C2)cs1. The zero-order valence-corrected chi connectivity index (χ0v) is 27.2. The molecule has 0 unspecified atom stereocenters. The Morgan fingerprint density at radius 2 is 1.93 bits per heavy atom. The number of morpholine rings is 1. The first-order valence-electron chi connectivity index (χ1n) is 15.8. The van der Waals surface area contributed by atoms with E-state index < -0.39 is 6.10 Å². The van der Waals surface area contributed by atoms with Crippen LogP contribution in [0.5, 0.6) is 5.75 Å². The van der Waals surface area contributed by atoms with E-state index in [1.54, 1.807) is 29.5 Å². The van der Waals surface area contributed by atoms with Gasteiger partial charge in [-0.2, -0.15) is 0 Å². The molecule has 4 heterocycles. The maximum absolute atomic E-state index is 14.6. The van der Waals surface area contributed by atoms with Crippen molar-refractivity contribution in [3.8, 4) is 5.75 Å². The van der Waals surface area contributed by atoms with E-state index in [-0.39, 0.29) is 27.9 Å². The molecule has 2 aromatic heterocycles. The highest BCUT2D eigenvalue weighted by Crippen LogP contribution is 2.34. The first-order chi connectivity index (χ1) is 21.7. The highest BCUT2D eigenvalue weighted by Gasteiger charge is 2.41. The number of thiazole rings is 1. The summed E-state index contributed by atoms with van der Waals surface area (Å²) in [5, 5.41) is 22.8. The van der Waals surface area contributed by atoms with E-state index in [2.05, 4.69) is 22.9 Å². The minimum absolute atomic E-state index is 0.00839. The highest BCUT2D eigenvalue weighted by molar-refractivity contribution is 7.16. The van der Waals surface area contributed by atoms with E-state index in [4.69, 9.17) is 4.74 Å². The van der Waals surface area contributed by atoms with Crippen LogP contribution in [0.2, 0.25) is 0 Å². The van der Waals surface area contributed by atoms with Gasteiger partial charge in [0.05, 0.1) is 35.1 Å². The Kier molecular flexibility index (Phi) is 9.72. The van der Waals surface area contributed by atoms with Gasteiger partial charge in [0.1, 0.15) is 17.1 Å². The van der Waals surface area contributed by atoms with Crippen molar-refractivity contribution in [3.05, 3.63) is 84.4 Å². The number of aromatic amines is 1. The van der Waals surface area contributed by atoms with Crippen LogP contribution in [0.25, 0.3) is 10.2 Å². The minimum Gasteiger partial charge on any atom is -0.506 e. The topological polar surface area (TPSA) is 106 Å². The average Bonchev–Trinajstić information content (AvgIpc) is 3.67. The molecule has 2 aliphatic rings. The maximum atomic E-state index is 14.6. The molecule has 0 saturated carbocycles. The molecule has 1 atom stereocenters. The standard InChI is InChI=1S/C34H40FN3O5S2/c1-2-26-18-24(20-44-26)32(41)38-13-14-43-34(21-38)9-11-37(12-10-34)19-23-15-22(16-25(35)17-23)5-3-4-6-28(39)27-7-8-29(40)30-31(27)45-33(42)36-30/h7-8,15-18,20,28,39-40H,2-6,9-14,19,21H2,1H3,(H,36,42)/t28-/m0/s1. The van der Waals surface area contributed by atoms with Crippen molar-refractivity contribution >= 4 is 38.8 Å². The number of piperidine rings is 1. The summed E-state index contributed by atoms with van der Waals surface area (Å²) in [5.74, 6) is -0.158. The second kappa shape index (κ2) is 13.7. The first kappa shape index (κ1) is 31.9. The fraction of sp³-hybridized carbons (Fsp3) is 0.471. The van der Waals surface area contributed by atoms with Gasteiger partial charge < -0.3 is 24.8 Å². The summed E-state index contributed by atoms with van der Waals surface area (Å²) < 4.78 is 21.5. The number of ether oxygens (including phenoxy) is 1. The van der Waals surface area contributed by atoms with Gasteiger partial charge in [-0.1, -0.05) is 36.8 Å². The van der Waals surface area contributed by atoms with E-state index in [0.717, 1.165) is 73.2 Å². The number of nitrogens with zero attached hydrogens (tertiary/aromatic N) is 2. The number of halogens is 1. The van der Waals surface area contributed by atoms with Crippen molar-refractivity contribution in [2.24, 2.45) is 0 Å². The fourth-order valence-electron chi connectivity index (χ4n) is 6.64. The number of aliphatic hydroxyl groups excluding tert-OH is 1. The Bertz CT molecular complexity index is 1710. The molecule has 2 saturated heterocycles. The Morgan fingerprint density at radius 1 is 1.13 bits per heavy atom. The molecular weight excluding hydrogens is 614 g/mol. The number of H-pyrrole nitrogens is 1. The number of hydrogen-bond donors (Lipinski definition) is 3. The number of likely N-dealkylation sites (tertiary alicyclic amines) is 1. The number of fused-ring (bicyclic) bond motifs is 1. The van der Waals surface area contributed by atoms with Crippen LogP contribution in [0, 0.1) is 5.82 Å². The van der Waals surface area contributed by atoms with Crippen molar-refractivity contribution in [2.75, 3.05) is 32.8 Å². The molecule has 2 aromatic carbocycles. The van der Waals surface area contributed by atoms with E-state index in [1.165, 1.54) is 10.9 Å². The number of hydrogen-bond acceptors (Lipinski definition) is 8. The summed E-state index contributed by atoms with van der Waals surface area (Å²) in [5.41, 5.74) is 3.33. The van der Waals surface area contributed by atoms with Crippen molar-refractivity contribution in [2.45, 2.75) is 70.1 Å². The van der Waals surface area contributed by atoms with Crippen LogP contribution in [-0.2, 0) is 24.1 Å². The van der Waals surface area contributed by atoms with Crippen LogP contribution in [0.15, 0.2) is 46.6 Å². The fourth-order valence-corrected chi connectivity index (χ4v) is 8.36. The van der Waals surface area contributed by atoms with Gasteiger partial charge in [-0.3, -0.25) is 14.5 Å². The summed E-state index contributed by atoms with van der Waals surface area (Å²) in [6.45, 7) is 6.18. The number of aromatic hydroxyl groups is 1. The lowest BCUT2D eigenvalue weighted by Gasteiger charge is -2.47. The van der Waals surface area contributed by atoms with Gasteiger partial charge in [0.15, 0.2) is 0 Å². The predicted octanol–water partition coefficient (Wildman–Crippen LogP) is 6.01. The van der Waals surface area contributed by atoms with E-state index >= 15 is 0 Å². The molecule has 11 heteroatoms. The summed E-state index contributed by atoms with van der Waals surface area (Å²) in [4.78, 5) is 32.8. The molecule has 2 aliphatic heterocycles. The molecule has 6 rings (SSSR count). The number of aromatic nitrogens is 1. The average molecular weight is 654 g/mol. The van der Waals surface area contributed by atoms with Crippen molar-refractivity contribution < 1.29 is 24.1 Å². The molecule has 240 valence electrons. The van der Waals surface area contributed by atoms with E-state index in [9.17, 15) is 24.2 Å². The number of carbonyl (C=O) groups is 1. The lowest BCUT2D eigenvalue weighted by atomic mass is 9.89. The molecule has 1 spiro atoms. The largest absolute Gasteiger partial charge is 0.506 e. The number of thiophene rings is 1. The molecule has 1 amide bonds. The number of rotatable bonds is 10. The zero-order chi connectivity index (χ0) is 31.6. The molecular formula is C34H40FN3O5S2. The van der Waals surface area contributed by atoms with Gasteiger partial charge in [0.25, 0.3) is 5.91 Å². The molecule has 0 radical (unpaired) electrons. The van der Waals surface area contributed by atoms with Gasteiger partial charge in [-0.15, -0.1) is 11.3 Å². The molecule has 3 N–H and O–H groups in total. The first-order valence-corrected chi connectivity index (χ1v) is 17.5. The number of benzene rings is 2. The van der Waals surface area contributed by atoms with Crippen LogP contribution < -0.4 is 4.87 Å². The number of carbonyl (C=O) groups excluding carboxylic acids is 1. The number of phenols is 1. The number of unbranched alkanes of at least 4 members (excludes halogenated alkanes) is 1. The van der Waals surface area contributed by atoms with Gasteiger partial charge >= 0.3 is 4.87 Å². The summed E-state index contributed by atoms with van der Waals surface area (Å²) in [7, 11) is 0. The Morgan fingerprint density at radius 3 is 2.71 bits per heavy atom. The van der Waals surface area contributed by atoms with Crippen molar-refractivity contribution in [3.63, 3.8) is 0 Å². The smallest absolute Gasteiger partial charge is 0.305 e. The Balaban J connectivity index is 0.990. The van der Waals surface area contributed by atoms with Crippen LogP contribution in [0.4, 0.5) is 4.39 Å². The molecule has 0 bridgehead atoms. The monoisotopic (exact) mass is 653 g/mol. The predicted molar refractivity (Wildman–Crippen MR) is 176 cm³/mol. The molecule has 0 aliphatic carbocycles. The number of aryl methyl sites for hydroxylation is 2. The molecule has 8 nitrogen and oxygen atoms in total. The van der Waals surface area contributed by atoms with Crippen LogP contribution in [0.1, 0.15) is 77.1 Å². The summed E-state index contributed by atoms with van der Waals surface area (Å²) in [6.07, 6.45) is 4.56. The third-order valence-corrected chi connectivity index (χ3v) is 11.1. The minimum atomic E-state index is -0.757. The number of aliphatic hydroxyl groups is 1. The maximum Gasteiger partial charge on any atom is 0.305 e. The van der Waals surface area contributed by atoms with Gasteiger partial charge in [0.2, 0.25) is 0 Å². The molecule has 4 aromatic rings. The van der Waals surface area contributed by atoms with Gasteiger partial charge in [0, 0.05) is 42.0 Å². The Labute approximate surface area is 270 Å². The summed E-state index contributed by atoms with van der Waals surface area (Å²) >= 11 is 2.62. The normalized spacial score (nSPS) is 17.7. The van der Waals surface area contributed by atoms with Crippen LogP contribution in [-0.4, -0.2) is 69.3 Å². The second-order valence-electron chi connectivity index (χ2n) is 12.3. The van der Waals surface area contributed by atoms with Crippen LogP contribution >= 0.6 is 22.7 Å². The molecule has 2 fully saturated rings. The highest BCUT2D eigenvalue weighted by atomic mass is 32.1. The number of phenolic OH excluding ortho intramolecular Hbond substituents is 1. The summed E-state index contributed by atoms with van der Waals surface area (Å²) in [6, 6.07) is 10.4. The quantitative estimate of drug-likeness (QED) is 0.181. The number of nitrogens with one attached hydrogen (secondary N) is 1. The third-order valence-electron chi connectivity index (χ3n) is 9.12. The van der Waals surface area contributed by atoms with Gasteiger partial charge in [-0.05, 0) is 73.9 Å². The van der Waals surface area contributed by atoms with E-state index in [1.807, 2.05) is 16.3 Å². The zero-order valence-electron chi connectivity index (χ0n) is 25.5. The third kappa shape index (κ3) is 7.33. The van der Waals surface area contributed by atoms with Crippen molar-refractivity contribution in [1.29, 1.82) is 0 Å². The van der Waals surface area contributed by atoms with Crippen molar-refractivity contribution in [1.82, 2.24) is 14.8 Å². The Hall–Kier alpha value is -3.09. The lowest BCUT2D eigenvalue weighted by molar-refractivity contribution is -0.127. The molecule has 45 heavy (non-hydrogen) atoms. The van der Waals surface area contributed by atoms with E-state index in [0.29, 0.717) is 54.9 Å².